The lowest BCUT2D eigenvalue weighted by Crippen LogP contribution is -2.19. The van der Waals surface area contributed by atoms with Crippen molar-refractivity contribution in [2.24, 2.45) is 5.92 Å². The molecule has 0 unspecified atom stereocenters. The molecule has 0 saturated heterocycles. The van der Waals surface area contributed by atoms with Crippen LogP contribution in [-0.4, -0.2) is 27.1 Å². The Labute approximate surface area is 126 Å². The van der Waals surface area contributed by atoms with Gasteiger partial charge >= 0.3 is 0 Å². The largest absolute Gasteiger partial charge is 0.493 e. The van der Waals surface area contributed by atoms with Crippen LogP contribution in [0.2, 0.25) is 5.02 Å². The third-order valence-corrected chi connectivity index (χ3v) is 2.89. The first kappa shape index (κ1) is 17.1. The van der Waals surface area contributed by atoms with Crippen LogP contribution in [0.5, 0.6) is 11.5 Å². The summed E-state index contributed by atoms with van der Waals surface area (Å²) in [6.45, 7) is 8.67. The van der Waals surface area contributed by atoms with Crippen LogP contribution in [-0.2, 0) is 11.3 Å². The highest BCUT2D eigenvalue weighted by Gasteiger charge is 2.13. The molecule has 20 heavy (non-hydrogen) atoms. The van der Waals surface area contributed by atoms with Gasteiger partial charge in [-0.15, -0.1) is 0 Å². The predicted molar refractivity (Wildman–Crippen MR) is 81.7 cm³/mol. The lowest BCUT2D eigenvalue weighted by atomic mass is 10.1. The number of hydrogen-bond donors (Lipinski definition) is 1. The Hall–Kier alpha value is -0.970. The van der Waals surface area contributed by atoms with Crippen molar-refractivity contribution in [3.63, 3.8) is 0 Å². The number of nitrogens with one attached hydrogen (secondary N) is 1. The molecule has 0 fully saturated rings. The van der Waals surface area contributed by atoms with Crippen LogP contribution in [0.4, 0.5) is 0 Å². The SMILES string of the molecule is CCOCOc1c(CNCC(C)C)cc(Cl)cc1OC. The summed E-state index contributed by atoms with van der Waals surface area (Å²) in [6, 6.07) is 3.63. The maximum Gasteiger partial charge on any atom is 0.189 e. The average Bonchev–Trinajstić information content (AvgIpc) is 2.40. The van der Waals surface area contributed by atoms with Gasteiger partial charge in [0, 0.05) is 29.8 Å². The van der Waals surface area contributed by atoms with Crippen molar-refractivity contribution >= 4 is 11.6 Å². The molecule has 0 spiro atoms. The van der Waals surface area contributed by atoms with Crippen LogP contribution in [0, 0.1) is 5.92 Å². The number of rotatable bonds is 9. The van der Waals surface area contributed by atoms with Gasteiger partial charge in [0.15, 0.2) is 18.3 Å². The molecule has 4 nitrogen and oxygen atoms in total. The molecular formula is C15H24ClNO3. The van der Waals surface area contributed by atoms with E-state index >= 15 is 0 Å². The van der Waals surface area contributed by atoms with Gasteiger partial charge in [0.2, 0.25) is 0 Å². The van der Waals surface area contributed by atoms with Crippen molar-refractivity contribution in [3.05, 3.63) is 22.7 Å². The monoisotopic (exact) mass is 301 g/mol. The average molecular weight is 302 g/mol. The van der Waals surface area contributed by atoms with Crippen molar-refractivity contribution < 1.29 is 14.2 Å². The summed E-state index contributed by atoms with van der Waals surface area (Å²) < 4.78 is 16.2. The quantitative estimate of drug-likeness (QED) is 0.560. The minimum absolute atomic E-state index is 0.200. The molecule has 0 aromatic heterocycles. The fourth-order valence-electron chi connectivity index (χ4n) is 1.75. The van der Waals surface area contributed by atoms with Crippen LogP contribution in [0.3, 0.4) is 0 Å². The molecule has 1 N–H and O–H groups in total. The Morgan fingerprint density at radius 2 is 2.05 bits per heavy atom. The van der Waals surface area contributed by atoms with Gasteiger partial charge in [0.05, 0.1) is 7.11 Å². The van der Waals surface area contributed by atoms with Crippen LogP contribution in [0.25, 0.3) is 0 Å². The van der Waals surface area contributed by atoms with Crippen molar-refractivity contribution in [2.75, 3.05) is 27.1 Å². The normalized spacial score (nSPS) is 10.9. The van der Waals surface area contributed by atoms with Gasteiger partial charge in [-0.3, -0.25) is 0 Å². The van der Waals surface area contributed by atoms with Gasteiger partial charge in [0.25, 0.3) is 0 Å². The Bertz CT molecular complexity index is 410. The summed E-state index contributed by atoms with van der Waals surface area (Å²) in [5.41, 5.74) is 0.967. The van der Waals surface area contributed by atoms with E-state index in [2.05, 4.69) is 19.2 Å². The van der Waals surface area contributed by atoms with E-state index < -0.39 is 0 Å². The molecule has 1 aromatic rings. The highest BCUT2D eigenvalue weighted by molar-refractivity contribution is 6.30. The Morgan fingerprint density at radius 1 is 1.30 bits per heavy atom. The lowest BCUT2D eigenvalue weighted by molar-refractivity contribution is 0.0202. The second-order valence-corrected chi connectivity index (χ2v) is 5.31. The van der Waals surface area contributed by atoms with Crippen molar-refractivity contribution in [2.45, 2.75) is 27.3 Å². The van der Waals surface area contributed by atoms with Crippen molar-refractivity contribution in [1.29, 1.82) is 0 Å². The Kier molecular flexibility index (Phi) is 7.73. The molecule has 0 aliphatic carbocycles. The number of halogens is 1. The van der Waals surface area contributed by atoms with Gasteiger partial charge in [-0.1, -0.05) is 25.4 Å². The van der Waals surface area contributed by atoms with Crippen molar-refractivity contribution in [3.8, 4) is 11.5 Å². The summed E-state index contributed by atoms with van der Waals surface area (Å²) in [5.74, 6) is 1.89. The molecule has 0 amide bonds. The van der Waals surface area contributed by atoms with Gasteiger partial charge in [0.1, 0.15) is 0 Å². The number of methoxy groups -OCH3 is 1. The fraction of sp³-hybridized carbons (Fsp3) is 0.600. The van der Waals surface area contributed by atoms with Crippen LogP contribution in [0.1, 0.15) is 26.3 Å². The predicted octanol–water partition coefficient (Wildman–Crippen LogP) is 3.47. The Morgan fingerprint density at radius 3 is 2.65 bits per heavy atom. The van der Waals surface area contributed by atoms with Gasteiger partial charge in [-0.25, -0.2) is 0 Å². The van der Waals surface area contributed by atoms with E-state index in [0.717, 1.165) is 12.1 Å². The second-order valence-electron chi connectivity index (χ2n) is 4.88. The summed E-state index contributed by atoms with van der Waals surface area (Å²) in [4.78, 5) is 0. The van der Waals surface area contributed by atoms with E-state index in [1.54, 1.807) is 13.2 Å². The summed E-state index contributed by atoms with van der Waals surface area (Å²) in [7, 11) is 1.60. The smallest absolute Gasteiger partial charge is 0.189 e. The van der Waals surface area contributed by atoms with Gasteiger partial charge < -0.3 is 19.5 Å². The summed E-state index contributed by atoms with van der Waals surface area (Å²) in [5, 5.41) is 4.01. The first-order chi connectivity index (χ1) is 9.58. The molecule has 0 heterocycles. The zero-order valence-electron chi connectivity index (χ0n) is 12.7. The minimum Gasteiger partial charge on any atom is -0.493 e. The Balaban J connectivity index is 2.84. The molecule has 114 valence electrons. The standard InChI is InChI=1S/C15H24ClNO3/c1-5-19-10-20-15-12(9-17-8-11(2)3)6-13(16)7-14(15)18-4/h6-7,11,17H,5,8-10H2,1-4H3. The highest BCUT2D eigenvalue weighted by atomic mass is 35.5. The molecular weight excluding hydrogens is 278 g/mol. The highest BCUT2D eigenvalue weighted by Crippen LogP contribution is 2.34. The fourth-order valence-corrected chi connectivity index (χ4v) is 1.98. The third kappa shape index (κ3) is 5.57. The van der Waals surface area contributed by atoms with E-state index in [4.69, 9.17) is 25.8 Å². The first-order valence-corrected chi connectivity index (χ1v) is 7.23. The molecule has 0 saturated carbocycles. The lowest BCUT2D eigenvalue weighted by Gasteiger charge is -2.16. The van der Waals surface area contributed by atoms with Crippen LogP contribution >= 0.6 is 11.6 Å². The third-order valence-electron chi connectivity index (χ3n) is 2.68. The zero-order chi connectivity index (χ0) is 15.0. The molecule has 1 rings (SSSR count). The molecule has 0 bridgehead atoms. The maximum atomic E-state index is 6.11. The van der Waals surface area contributed by atoms with E-state index in [0.29, 0.717) is 35.6 Å². The van der Waals surface area contributed by atoms with Crippen LogP contribution in [0.15, 0.2) is 12.1 Å². The molecule has 0 radical (unpaired) electrons. The summed E-state index contributed by atoms with van der Waals surface area (Å²) in [6.07, 6.45) is 0. The molecule has 5 heteroatoms. The zero-order valence-corrected chi connectivity index (χ0v) is 13.4. The van der Waals surface area contributed by atoms with Crippen LogP contribution < -0.4 is 14.8 Å². The topological polar surface area (TPSA) is 39.7 Å². The summed E-state index contributed by atoms with van der Waals surface area (Å²) >= 11 is 6.11. The molecule has 1 aromatic carbocycles. The molecule has 0 aliphatic heterocycles. The number of benzene rings is 1. The van der Waals surface area contributed by atoms with Crippen molar-refractivity contribution in [1.82, 2.24) is 5.32 Å². The maximum absolute atomic E-state index is 6.11. The van der Waals surface area contributed by atoms with E-state index in [9.17, 15) is 0 Å². The van der Waals surface area contributed by atoms with E-state index in [1.807, 2.05) is 13.0 Å². The molecule has 0 atom stereocenters. The van der Waals surface area contributed by atoms with Gasteiger partial charge in [-0.2, -0.15) is 0 Å². The second kappa shape index (κ2) is 9.06. The minimum atomic E-state index is 0.200. The molecule has 0 aliphatic rings. The number of ether oxygens (including phenoxy) is 3. The van der Waals surface area contributed by atoms with Gasteiger partial charge in [-0.05, 0) is 25.5 Å². The van der Waals surface area contributed by atoms with E-state index in [-0.39, 0.29) is 6.79 Å². The van der Waals surface area contributed by atoms with E-state index in [1.165, 1.54) is 0 Å². The first-order valence-electron chi connectivity index (χ1n) is 6.86. The number of hydrogen-bond acceptors (Lipinski definition) is 4.